The standard InChI is InChI=1S/C26H32N4O7/c1-6-36-21-12-18(24-23(25(32)35-5)16(3)28-26(33)29-24)9-10-19(21)37-14-22(31)30-27-13-17-8-7-15(2)20(11-17)34-4/h7-13,22,24,30-31H,6,14H2,1-5H3,(H2,28,29,33)/b27-13+/t22-,24+/m1/s1. The Morgan fingerprint density at radius 2 is 1.92 bits per heavy atom. The molecule has 0 bridgehead atoms. The highest BCUT2D eigenvalue weighted by Gasteiger charge is 2.32. The van der Waals surface area contributed by atoms with E-state index in [9.17, 15) is 14.7 Å². The zero-order chi connectivity index (χ0) is 26.9. The summed E-state index contributed by atoms with van der Waals surface area (Å²) in [4.78, 5) is 24.4. The molecule has 0 saturated carbocycles. The van der Waals surface area contributed by atoms with Crippen molar-refractivity contribution in [2.45, 2.75) is 33.0 Å². The van der Waals surface area contributed by atoms with Gasteiger partial charge < -0.3 is 34.7 Å². The van der Waals surface area contributed by atoms with Gasteiger partial charge in [0.25, 0.3) is 0 Å². The van der Waals surface area contributed by atoms with E-state index in [1.807, 2.05) is 32.0 Å². The number of carbonyl (C=O) groups is 2. The molecule has 0 aliphatic carbocycles. The molecule has 0 aromatic heterocycles. The number of esters is 1. The predicted molar refractivity (Wildman–Crippen MR) is 137 cm³/mol. The number of benzene rings is 2. The largest absolute Gasteiger partial charge is 0.496 e. The van der Waals surface area contributed by atoms with Crippen LogP contribution in [0.25, 0.3) is 0 Å². The minimum Gasteiger partial charge on any atom is -0.496 e. The summed E-state index contributed by atoms with van der Waals surface area (Å²) in [5, 5.41) is 19.6. The van der Waals surface area contributed by atoms with E-state index in [4.69, 9.17) is 18.9 Å². The van der Waals surface area contributed by atoms with Crippen LogP contribution in [0, 0.1) is 6.92 Å². The Balaban J connectivity index is 1.70. The second-order valence-electron chi connectivity index (χ2n) is 8.14. The molecule has 0 radical (unpaired) electrons. The molecule has 0 unspecified atom stereocenters. The average Bonchev–Trinajstić information content (AvgIpc) is 2.88. The first-order valence-corrected chi connectivity index (χ1v) is 11.6. The molecule has 1 heterocycles. The third-order valence-corrected chi connectivity index (χ3v) is 5.54. The first-order chi connectivity index (χ1) is 17.8. The Morgan fingerprint density at radius 3 is 2.62 bits per heavy atom. The van der Waals surface area contributed by atoms with E-state index in [1.54, 1.807) is 38.4 Å². The van der Waals surface area contributed by atoms with Crippen molar-refractivity contribution < 1.29 is 33.6 Å². The minimum atomic E-state index is -1.10. The van der Waals surface area contributed by atoms with Gasteiger partial charge in [-0.05, 0) is 55.7 Å². The third-order valence-electron chi connectivity index (χ3n) is 5.54. The van der Waals surface area contributed by atoms with Gasteiger partial charge in [-0.2, -0.15) is 5.10 Å². The molecule has 1 aliphatic rings. The van der Waals surface area contributed by atoms with Gasteiger partial charge in [0.05, 0.1) is 38.7 Å². The molecule has 198 valence electrons. The highest BCUT2D eigenvalue weighted by molar-refractivity contribution is 5.95. The lowest BCUT2D eigenvalue weighted by Crippen LogP contribution is -2.45. The molecule has 4 N–H and O–H groups in total. The average molecular weight is 513 g/mol. The van der Waals surface area contributed by atoms with Crippen LogP contribution in [0.1, 0.15) is 36.6 Å². The van der Waals surface area contributed by atoms with E-state index < -0.39 is 24.3 Å². The van der Waals surface area contributed by atoms with Crippen LogP contribution in [0.15, 0.2) is 52.8 Å². The summed E-state index contributed by atoms with van der Waals surface area (Å²) in [6.45, 7) is 5.62. The van der Waals surface area contributed by atoms with Crippen LogP contribution in [0.5, 0.6) is 17.2 Å². The number of hydrazone groups is 1. The van der Waals surface area contributed by atoms with Crippen LogP contribution in [0.4, 0.5) is 4.79 Å². The summed E-state index contributed by atoms with van der Waals surface area (Å²) in [6.07, 6.45) is 0.464. The van der Waals surface area contributed by atoms with Crippen molar-refractivity contribution in [3.8, 4) is 17.2 Å². The molecule has 0 spiro atoms. The van der Waals surface area contributed by atoms with E-state index in [1.165, 1.54) is 7.11 Å². The van der Waals surface area contributed by atoms with Crippen LogP contribution in [0.3, 0.4) is 0 Å². The van der Waals surface area contributed by atoms with Crippen molar-refractivity contribution in [2.75, 3.05) is 27.4 Å². The second kappa shape index (κ2) is 12.6. The lowest BCUT2D eigenvalue weighted by molar-refractivity contribution is -0.136. The second-order valence-corrected chi connectivity index (χ2v) is 8.14. The van der Waals surface area contributed by atoms with Crippen molar-refractivity contribution in [3.05, 3.63) is 64.4 Å². The van der Waals surface area contributed by atoms with Crippen molar-refractivity contribution >= 4 is 18.2 Å². The van der Waals surface area contributed by atoms with Gasteiger partial charge >= 0.3 is 12.0 Å². The van der Waals surface area contributed by atoms with Gasteiger partial charge in [0, 0.05) is 5.70 Å². The van der Waals surface area contributed by atoms with Gasteiger partial charge in [-0.15, -0.1) is 0 Å². The molecule has 0 saturated heterocycles. The normalized spacial score (nSPS) is 16.1. The van der Waals surface area contributed by atoms with Gasteiger partial charge in [0.1, 0.15) is 12.4 Å². The summed E-state index contributed by atoms with van der Waals surface area (Å²) >= 11 is 0. The van der Waals surface area contributed by atoms with Gasteiger partial charge in [0.15, 0.2) is 17.7 Å². The number of hydrogen-bond donors (Lipinski definition) is 4. The third kappa shape index (κ3) is 6.91. The first-order valence-electron chi connectivity index (χ1n) is 11.6. The fraction of sp³-hybridized carbons (Fsp3) is 0.346. The first kappa shape index (κ1) is 27.3. The van der Waals surface area contributed by atoms with Crippen LogP contribution < -0.4 is 30.3 Å². The maximum Gasteiger partial charge on any atom is 0.337 e. The zero-order valence-corrected chi connectivity index (χ0v) is 21.5. The van der Waals surface area contributed by atoms with Crippen LogP contribution >= 0.6 is 0 Å². The van der Waals surface area contributed by atoms with E-state index >= 15 is 0 Å². The molecule has 11 nitrogen and oxygen atoms in total. The molecular weight excluding hydrogens is 480 g/mol. The summed E-state index contributed by atoms with van der Waals surface area (Å²) in [5.41, 5.74) is 5.70. The smallest absolute Gasteiger partial charge is 0.337 e. The van der Waals surface area contributed by atoms with Crippen LogP contribution in [0.2, 0.25) is 0 Å². The number of nitrogens with zero attached hydrogens (tertiary/aromatic N) is 1. The van der Waals surface area contributed by atoms with Gasteiger partial charge in [0.2, 0.25) is 0 Å². The number of allylic oxidation sites excluding steroid dienone is 1. The van der Waals surface area contributed by atoms with E-state index in [2.05, 4.69) is 21.2 Å². The molecular formula is C26H32N4O7. The number of rotatable bonds is 11. The van der Waals surface area contributed by atoms with E-state index in [0.29, 0.717) is 29.4 Å². The Bertz CT molecular complexity index is 1200. The monoisotopic (exact) mass is 512 g/mol. The predicted octanol–water partition coefficient (Wildman–Crippen LogP) is 2.52. The van der Waals surface area contributed by atoms with Crippen molar-refractivity contribution in [3.63, 3.8) is 0 Å². The van der Waals surface area contributed by atoms with Crippen molar-refractivity contribution in [1.29, 1.82) is 0 Å². The number of methoxy groups -OCH3 is 2. The number of carbonyl (C=O) groups excluding carboxylic acids is 2. The summed E-state index contributed by atoms with van der Waals surface area (Å²) in [7, 11) is 2.88. The van der Waals surface area contributed by atoms with Gasteiger partial charge in [-0.1, -0.05) is 18.2 Å². The minimum absolute atomic E-state index is 0.121. The molecule has 3 rings (SSSR count). The number of aryl methyl sites for hydroxylation is 1. The quantitative estimate of drug-likeness (QED) is 0.156. The number of amides is 2. The number of aliphatic hydroxyl groups excluding tert-OH is 1. The van der Waals surface area contributed by atoms with E-state index in [0.717, 1.165) is 16.9 Å². The molecule has 2 amide bonds. The fourth-order valence-electron chi connectivity index (χ4n) is 3.74. The summed E-state index contributed by atoms with van der Waals surface area (Å²) in [6, 6.07) is 9.48. The lowest BCUT2D eigenvalue weighted by atomic mass is 9.95. The molecule has 11 heteroatoms. The summed E-state index contributed by atoms with van der Waals surface area (Å²) < 4.78 is 21.7. The Labute approximate surface area is 215 Å². The number of aliphatic hydroxyl groups is 1. The Morgan fingerprint density at radius 1 is 1.14 bits per heavy atom. The molecule has 1 aliphatic heterocycles. The van der Waals surface area contributed by atoms with Crippen molar-refractivity contribution in [1.82, 2.24) is 16.1 Å². The number of ether oxygens (including phenoxy) is 4. The maximum absolute atomic E-state index is 12.4. The van der Waals surface area contributed by atoms with Gasteiger partial charge in [-0.3, -0.25) is 5.43 Å². The highest BCUT2D eigenvalue weighted by atomic mass is 16.5. The highest BCUT2D eigenvalue weighted by Crippen LogP contribution is 2.34. The maximum atomic E-state index is 12.4. The molecule has 2 aromatic carbocycles. The van der Waals surface area contributed by atoms with Crippen LogP contribution in [-0.4, -0.2) is 57.0 Å². The van der Waals surface area contributed by atoms with Crippen molar-refractivity contribution in [2.24, 2.45) is 5.10 Å². The lowest BCUT2D eigenvalue weighted by Gasteiger charge is -2.28. The molecule has 2 aromatic rings. The topological polar surface area (TPSA) is 140 Å². The molecule has 37 heavy (non-hydrogen) atoms. The SMILES string of the molecule is CCOc1cc([C@@H]2NC(=O)NC(C)=C2C(=O)OC)ccc1OC[C@@H](O)N/N=C/c1ccc(C)c(OC)c1. The van der Waals surface area contributed by atoms with Crippen LogP contribution in [-0.2, 0) is 9.53 Å². The molecule has 0 fully saturated rings. The molecule has 2 atom stereocenters. The van der Waals surface area contributed by atoms with E-state index in [-0.39, 0.29) is 12.2 Å². The summed E-state index contributed by atoms with van der Waals surface area (Å²) in [5.74, 6) is 0.941. The number of nitrogens with one attached hydrogen (secondary N) is 3. The Hall–Kier alpha value is -4.25. The fourth-order valence-corrected chi connectivity index (χ4v) is 3.74. The number of urea groups is 1. The van der Waals surface area contributed by atoms with Gasteiger partial charge in [-0.25, -0.2) is 9.59 Å². The number of hydrogen-bond acceptors (Lipinski definition) is 9. The Kier molecular flexibility index (Phi) is 9.33. The zero-order valence-electron chi connectivity index (χ0n) is 21.5.